The van der Waals surface area contributed by atoms with Gasteiger partial charge in [-0.15, -0.1) is 6.42 Å². The van der Waals surface area contributed by atoms with Crippen LogP contribution in [0.5, 0.6) is 0 Å². The number of nitrogens with one attached hydrogen (secondary N) is 5. The van der Waals surface area contributed by atoms with E-state index < -0.39 is 48.5 Å². The van der Waals surface area contributed by atoms with Crippen molar-refractivity contribution < 1.29 is 38.5 Å². The molecule has 3 fully saturated rings. The summed E-state index contributed by atoms with van der Waals surface area (Å²) >= 11 is 0. The lowest BCUT2D eigenvalue weighted by molar-refractivity contribution is -0.139. The van der Waals surface area contributed by atoms with Gasteiger partial charge < -0.3 is 59.9 Å². The van der Waals surface area contributed by atoms with Crippen molar-refractivity contribution in [3.05, 3.63) is 148 Å². The Morgan fingerprint density at radius 1 is 0.866 bits per heavy atom. The Hall–Kier alpha value is -8.41. The van der Waals surface area contributed by atoms with Gasteiger partial charge in [-0.25, -0.2) is 14.8 Å². The molecule has 19 nitrogen and oxygen atoms in total. The number of aromatic nitrogens is 4. The number of pyridine rings is 1. The van der Waals surface area contributed by atoms with Crippen molar-refractivity contribution in [2.45, 2.75) is 87.1 Å². The first-order chi connectivity index (χ1) is 39.8. The highest BCUT2D eigenvalue weighted by molar-refractivity contribution is 5.98. The summed E-state index contributed by atoms with van der Waals surface area (Å²) in [6.45, 7) is 5.28. The minimum absolute atomic E-state index is 0.0237. The zero-order valence-corrected chi connectivity index (χ0v) is 46.1. The van der Waals surface area contributed by atoms with Gasteiger partial charge in [-0.2, -0.15) is 0 Å². The summed E-state index contributed by atoms with van der Waals surface area (Å²) in [5.74, 6) is 0.172. The van der Waals surface area contributed by atoms with Crippen molar-refractivity contribution >= 4 is 51.6 Å². The number of piperidine rings is 2. The number of terminal acetylenes is 1. The molecule has 5 heterocycles. The van der Waals surface area contributed by atoms with E-state index in [1.807, 2.05) is 109 Å². The third kappa shape index (κ3) is 11.8. The number of fused-ring (bicyclic) bond motifs is 5. The number of nitrogens with zero attached hydrogens (tertiary/aromatic N) is 5. The number of carbonyl (C=O) groups excluding carboxylic acids is 3. The van der Waals surface area contributed by atoms with E-state index in [9.17, 15) is 29.1 Å². The van der Waals surface area contributed by atoms with E-state index in [1.54, 1.807) is 17.8 Å². The second-order valence-corrected chi connectivity index (χ2v) is 22.1. The third-order valence-electron chi connectivity index (χ3n) is 16.6. The summed E-state index contributed by atoms with van der Waals surface area (Å²) < 4.78 is 20.9. The van der Waals surface area contributed by atoms with Gasteiger partial charge in [-0.05, 0) is 97.0 Å². The van der Waals surface area contributed by atoms with Crippen LogP contribution in [0.15, 0.2) is 120 Å². The SMILES string of the molecule is C#CCNC1(C)CCN(C2CCN(c3nc(C(COCNC(=O)CNC(=O)C(CC(=O)O)NC(=O)OCC4c5ccccc5-c5ccccc54)(OC4CC4)c4ccccc4)c4cc(-c5cn(C)c(=O)c6[nH]ccc56)ccc4n3)CC2)CC1. The first kappa shape index (κ1) is 55.5. The van der Waals surface area contributed by atoms with Crippen molar-refractivity contribution in [1.82, 2.24) is 45.7 Å². The van der Waals surface area contributed by atoms with E-state index in [1.165, 1.54) is 0 Å². The van der Waals surface area contributed by atoms with Crippen molar-refractivity contribution in [2.75, 3.05) is 64.1 Å². The van der Waals surface area contributed by atoms with Crippen LogP contribution in [0.3, 0.4) is 0 Å². The Kier molecular flexibility index (Phi) is 16.2. The zero-order valence-electron chi connectivity index (χ0n) is 46.1. The Balaban J connectivity index is 0.816. The maximum atomic E-state index is 13.5. The molecule has 2 aliphatic carbocycles. The molecule has 3 aromatic heterocycles. The van der Waals surface area contributed by atoms with Crippen molar-refractivity contribution in [3.63, 3.8) is 0 Å². The number of hydrogen-bond donors (Lipinski definition) is 6. The van der Waals surface area contributed by atoms with E-state index in [2.05, 4.69) is 48.9 Å². The molecular weight excluding hydrogens is 1040 g/mol. The summed E-state index contributed by atoms with van der Waals surface area (Å²) in [5.41, 5.74) is 6.79. The summed E-state index contributed by atoms with van der Waals surface area (Å²) in [7, 11) is 1.73. The Bertz CT molecular complexity index is 3570. The highest BCUT2D eigenvalue weighted by Gasteiger charge is 2.45. The first-order valence-corrected chi connectivity index (χ1v) is 28.2. The van der Waals surface area contributed by atoms with Crippen LogP contribution in [0.25, 0.3) is 44.1 Å². The van der Waals surface area contributed by atoms with Crippen LogP contribution in [0.1, 0.15) is 80.2 Å². The molecule has 7 aromatic rings. The van der Waals surface area contributed by atoms with Gasteiger partial charge in [-0.1, -0.05) is 90.8 Å². The van der Waals surface area contributed by atoms with Crippen LogP contribution in [-0.2, 0) is 41.2 Å². The van der Waals surface area contributed by atoms with Crippen LogP contribution in [0, 0.1) is 12.3 Å². The maximum absolute atomic E-state index is 13.5. The normalized spacial score (nSPS) is 17.3. The minimum atomic E-state index is -1.54. The van der Waals surface area contributed by atoms with Gasteiger partial charge >= 0.3 is 12.1 Å². The Labute approximate surface area is 475 Å². The molecule has 6 N–H and O–H groups in total. The van der Waals surface area contributed by atoms with Gasteiger partial charge in [0.05, 0.1) is 43.4 Å². The highest BCUT2D eigenvalue weighted by Crippen LogP contribution is 2.46. The van der Waals surface area contributed by atoms with Crippen molar-refractivity contribution in [3.8, 4) is 34.6 Å². The number of rotatable bonds is 21. The molecule has 2 atom stereocenters. The van der Waals surface area contributed by atoms with E-state index in [0.29, 0.717) is 40.6 Å². The van der Waals surface area contributed by atoms with Gasteiger partial charge in [0.1, 0.15) is 24.9 Å². The number of benzene rings is 4. The largest absolute Gasteiger partial charge is 0.481 e. The molecule has 0 radical (unpaired) electrons. The number of amides is 3. The minimum Gasteiger partial charge on any atom is -0.481 e. The molecule has 2 aliphatic heterocycles. The number of aliphatic carboxylic acids is 1. The fourth-order valence-electron chi connectivity index (χ4n) is 12.0. The zero-order chi connectivity index (χ0) is 57.0. The summed E-state index contributed by atoms with van der Waals surface area (Å²) in [4.78, 5) is 84.0. The number of carboxylic acid groups (broad SMARTS) is 1. The first-order valence-electron chi connectivity index (χ1n) is 28.2. The number of aryl methyl sites for hydroxylation is 1. The quantitative estimate of drug-likeness (QED) is 0.0255. The lowest BCUT2D eigenvalue weighted by atomic mass is 9.87. The Morgan fingerprint density at radius 2 is 1.57 bits per heavy atom. The number of carboxylic acids is 1. The standard InChI is InChI=1S/C63H68N10O9/c1-4-27-67-62(2)25-31-72(32-26-62)42-23-29-73(30-24-42)60-68-52-21-18-40(50-36-71(3)59(78)56-48(50)22-28-64-56)33-49(52)57(70-60)63(82-43-19-20-43,41-12-6-5-7-13-41)38-80-39-66-54(74)35-65-58(77)53(34-55(75)76)69-61(79)81-37-51-46-16-10-8-14-44(46)45-15-9-11-17-47(45)51/h1,5-18,21-22,28,33,36,42-43,51,53,64,67H,19-20,23-27,29-32,34-35,37-39H2,2-3H3,(H,65,77)(H,66,74)(H,69,79)(H,75,76). The van der Waals surface area contributed by atoms with Crippen LogP contribution < -0.4 is 31.7 Å². The molecule has 4 aliphatic rings. The molecule has 3 amide bonds. The van der Waals surface area contributed by atoms with Gasteiger partial charge in [0.15, 0.2) is 5.60 Å². The summed E-state index contributed by atoms with van der Waals surface area (Å²) in [6, 6.07) is 32.3. The second-order valence-electron chi connectivity index (χ2n) is 22.1. The monoisotopic (exact) mass is 1110 g/mol. The van der Waals surface area contributed by atoms with E-state index >= 15 is 0 Å². The van der Waals surface area contributed by atoms with E-state index in [-0.39, 0.29) is 43.1 Å². The predicted octanol–water partition coefficient (Wildman–Crippen LogP) is 6.53. The van der Waals surface area contributed by atoms with Crippen LogP contribution in [0.2, 0.25) is 0 Å². The molecule has 2 unspecified atom stereocenters. The van der Waals surface area contributed by atoms with Gasteiger partial charge in [-0.3, -0.25) is 19.2 Å². The smallest absolute Gasteiger partial charge is 0.407 e. The molecule has 1 saturated carbocycles. The number of alkyl carbamates (subject to hydrolysis) is 1. The van der Waals surface area contributed by atoms with E-state index in [4.69, 9.17) is 30.6 Å². The van der Waals surface area contributed by atoms with Crippen molar-refractivity contribution in [1.29, 1.82) is 0 Å². The number of likely N-dealkylation sites (tertiary alicyclic amines) is 1. The van der Waals surface area contributed by atoms with Crippen LogP contribution in [-0.4, -0.2) is 136 Å². The lowest BCUT2D eigenvalue weighted by Gasteiger charge is -2.45. The molecule has 424 valence electrons. The lowest BCUT2D eigenvalue weighted by Crippen LogP contribution is -2.55. The topological polar surface area (TPSA) is 234 Å². The fraction of sp³-hybridized carbons (Fsp3) is 0.381. The average Bonchev–Trinajstić information content (AvgIpc) is 3.10. The van der Waals surface area contributed by atoms with E-state index in [0.717, 1.165) is 109 Å². The number of H-pyrrole nitrogens is 1. The number of carbonyl (C=O) groups is 4. The maximum Gasteiger partial charge on any atom is 0.407 e. The average molecular weight is 1110 g/mol. The molecule has 2 saturated heterocycles. The predicted molar refractivity (Wildman–Crippen MR) is 311 cm³/mol. The van der Waals surface area contributed by atoms with Gasteiger partial charge in [0.25, 0.3) is 5.56 Å². The number of aromatic amines is 1. The summed E-state index contributed by atoms with van der Waals surface area (Å²) in [6.07, 6.45) is 12.9. The highest BCUT2D eigenvalue weighted by atomic mass is 16.6. The molecular formula is C63H68N10O9. The van der Waals surface area contributed by atoms with Gasteiger partial charge in [0, 0.05) is 79.5 Å². The fourth-order valence-corrected chi connectivity index (χ4v) is 12.0. The Morgan fingerprint density at radius 3 is 2.27 bits per heavy atom. The van der Waals surface area contributed by atoms with Crippen LogP contribution >= 0.6 is 0 Å². The molecule has 11 rings (SSSR count). The third-order valence-corrected chi connectivity index (χ3v) is 16.6. The number of ether oxygens (including phenoxy) is 3. The van der Waals surface area contributed by atoms with Gasteiger partial charge in [0.2, 0.25) is 17.8 Å². The number of anilines is 1. The molecule has 19 heteroatoms. The molecule has 0 bridgehead atoms. The molecule has 82 heavy (non-hydrogen) atoms. The van der Waals surface area contributed by atoms with Crippen molar-refractivity contribution in [2.24, 2.45) is 7.05 Å². The second kappa shape index (κ2) is 24.0. The summed E-state index contributed by atoms with van der Waals surface area (Å²) in [5, 5.41) is 22.3. The number of hydrogen-bond acceptors (Lipinski definition) is 13. The van der Waals surface area contributed by atoms with Crippen LogP contribution in [0.4, 0.5) is 10.7 Å². The molecule has 0 spiro atoms. The molecule has 4 aromatic carbocycles.